The first kappa shape index (κ1) is 19.2. The zero-order valence-corrected chi connectivity index (χ0v) is 14.7. The van der Waals surface area contributed by atoms with Crippen LogP contribution in [0.5, 0.6) is 0 Å². The van der Waals surface area contributed by atoms with Crippen LogP contribution in [0.15, 0.2) is 67.0 Å². The Kier molecular flexibility index (Phi) is 5.80. The molecule has 1 N–H and O–H groups in total. The molecule has 0 aliphatic rings. The molecule has 7 heteroatoms. The highest BCUT2D eigenvalue weighted by Crippen LogP contribution is 2.29. The summed E-state index contributed by atoms with van der Waals surface area (Å²) in [5.74, 6) is 5.03. The molecule has 0 atom stereocenters. The Morgan fingerprint density at radius 1 is 1.11 bits per heavy atom. The van der Waals surface area contributed by atoms with Crippen molar-refractivity contribution in [2.24, 2.45) is 0 Å². The summed E-state index contributed by atoms with van der Waals surface area (Å²) in [4.78, 5) is 12.0. The quantitative estimate of drug-likeness (QED) is 0.700. The summed E-state index contributed by atoms with van der Waals surface area (Å²) in [5, 5.41) is 6.84. The fraction of sp³-hybridized carbons (Fsp3) is 0.143. The first-order chi connectivity index (χ1) is 13.4. The molecule has 2 aromatic carbocycles. The number of aromatic nitrogens is 2. The van der Waals surface area contributed by atoms with Gasteiger partial charge in [0.1, 0.15) is 0 Å². The maximum atomic E-state index is 12.7. The van der Waals surface area contributed by atoms with Crippen LogP contribution >= 0.6 is 0 Å². The number of benzene rings is 2. The summed E-state index contributed by atoms with van der Waals surface area (Å²) in [6.07, 6.45) is -0.891. The standard InChI is InChI=1S/C21H16F3N3O/c22-21(23,24)18-8-4-6-16(12-18)7-5-11-25-20(28)13-17-14-26-27(15-17)19-9-2-1-3-10-19/h1-4,6,8-10,12,14-15H,11,13H2,(H,25,28). The van der Waals surface area contributed by atoms with Crippen LogP contribution in [-0.4, -0.2) is 22.2 Å². The van der Waals surface area contributed by atoms with E-state index < -0.39 is 11.7 Å². The molecule has 1 heterocycles. The number of hydrogen-bond acceptors (Lipinski definition) is 2. The molecule has 0 unspecified atom stereocenters. The van der Waals surface area contributed by atoms with Gasteiger partial charge in [0, 0.05) is 11.8 Å². The summed E-state index contributed by atoms with van der Waals surface area (Å²) < 4.78 is 39.7. The lowest BCUT2D eigenvalue weighted by Gasteiger charge is -2.05. The Labute approximate surface area is 160 Å². The number of para-hydroxylation sites is 1. The minimum atomic E-state index is -4.41. The molecule has 3 aromatic rings. The van der Waals surface area contributed by atoms with Crippen molar-refractivity contribution in [3.63, 3.8) is 0 Å². The van der Waals surface area contributed by atoms with Crippen molar-refractivity contribution in [1.82, 2.24) is 15.1 Å². The molecule has 1 amide bonds. The maximum Gasteiger partial charge on any atom is 0.416 e. The average molecular weight is 383 g/mol. The predicted molar refractivity (Wildman–Crippen MR) is 98.6 cm³/mol. The number of nitrogens with zero attached hydrogens (tertiary/aromatic N) is 2. The third-order valence-corrected chi connectivity index (χ3v) is 3.82. The summed E-state index contributed by atoms with van der Waals surface area (Å²) in [5.41, 5.74) is 1.13. The molecule has 0 spiro atoms. The summed E-state index contributed by atoms with van der Waals surface area (Å²) in [6.45, 7) is 0.0436. The monoisotopic (exact) mass is 383 g/mol. The van der Waals surface area contributed by atoms with E-state index in [1.54, 1.807) is 17.1 Å². The van der Waals surface area contributed by atoms with Crippen molar-refractivity contribution < 1.29 is 18.0 Å². The first-order valence-corrected chi connectivity index (χ1v) is 8.43. The minimum absolute atomic E-state index is 0.0436. The number of amides is 1. The average Bonchev–Trinajstić information content (AvgIpc) is 3.14. The summed E-state index contributed by atoms with van der Waals surface area (Å²) in [6, 6.07) is 14.3. The summed E-state index contributed by atoms with van der Waals surface area (Å²) in [7, 11) is 0. The van der Waals surface area contributed by atoms with Crippen LogP contribution in [0.25, 0.3) is 5.69 Å². The molecular weight excluding hydrogens is 367 g/mol. The van der Waals surface area contributed by atoms with Gasteiger partial charge in [-0.3, -0.25) is 4.79 Å². The zero-order valence-electron chi connectivity index (χ0n) is 14.7. The second kappa shape index (κ2) is 8.44. The highest BCUT2D eigenvalue weighted by Gasteiger charge is 2.30. The Morgan fingerprint density at radius 3 is 2.64 bits per heavy atom. The van der Waals surface area contributed by atoms with Crippen molar-refractivity contribution in [1.29, 1.82) is 0 Å². The molecule has 1 aromatic heterocycles. The van der Waals surface area contributed by atoms with Crippen molar-refractivity contribution in [3.8, 4) is 17.5 Å². The fourth-order valence-electron chi connectivity index (χ4n) is 2.48. The summed E-state index contributed by atoms with van der Waals surface area (Å²) >= 11 is 0. The highest BCUT2D eigenvalue weighted by atomic mass is 19.4. The van der Waals surface area contributed by atoms with E-state index in [0.29, 0.717) is 0 Å². The van der Waals surface area contributed by atoms with Gasteiger partial charge in [0.2, 0.25) is 5.91 Å². The van der Waals surface area contributed by atoms with Gasteiger partial charge in [0.25, 0.3) is 0 Å². The van der Waals surface area contributed by atoms with Crippen LogP contribution in [0.2, 0.25) is 0 Å². The van der Waals surface area contributed by atoms with Crippen molar-refractivity contribution >= 4 is 5.91 Å². The van der Waals surface area contributed by atoms with Gasteiger partial charge in [-0.15, -0.1) is 0 Å². The third-order valence-electron chi connectivity index (χ3n) is 3.82. The Morgan fingerprint density at radius 2 is 1.89 bits per heavy atom. The fourth-order valence-corrected chi connectivity index (χ4v) is 2.48. The highest BCUT2D eigenvalue weighted by molar-refractivity contribution is 5.78. The number of carbonyl (C=O) groups is 1. The third kappa shape index (κ3) is 5.24. The molecule has 28 heavy (non-hydrogen) atoms. The van der Waals surface area contributed by atoms with E-state index in [-0.39, 0.29) is 24.4 Å². The maximum absolute atomic E-state index is 12.7. The molecule has 0 radical (unpaired) electrons. The van der Waals surface area contributed by atoms with Gasteiger partial charge < -0.3 is 5.32 Å². The van der Waals surface area contributed by atoms with E-state index in [1.807, 2.05) is 30.3 Å². The van der Waals surface area contributed by atoms with E-state index in [0.717, 1.165) is 23.4 Å². The molecule has 0 fully saturated rings. The molecule has 4 nitrogen and oxygen atoms in total. The number of halogens is 3. The van der Waals surface area contributed by atoms with Crippen LogP contribution in [0, 0.1) is 11.8 Å². The van der Waals surface area contributed by atoms with E-state index in [9.17, 15) is 18.0 Å². The molecule has 142 valence electrons. The van der Waals surface area contributed by atoms with Crippen LogP contribution in [0.1, 0.15) is 16.7 Å². The number of alkyl halides is 3. The van der Waals surface area contributed by atoms with Crippen LogP contribution in [0.4, 0.5) is 13.2 Å². The smallest absolute Gasteiger partial charge is 0.345 e. The SMILES string of the molecule is O=C(Cc1cnn(-c2ccccc2)c1)NCC#Cc1cccc(C(F)(F)F)c1. The lowest BCUT2D eigenvalue weighted by Crippen LogP contribution is -2.25. The van der Waals surface area contributed by atoms with Gasteiger partial charge in [0.15, 0.2) is 0 Å². The molecular formula is C21H16F3N3O. The molecule has 0 saturated heterocycles. The predicted octanol–water partition coefficient (Wildman–Crippen LogP) is 3.60. The largest absolute Gasteiger partial charge is 0.416 e. The van der Waals surface area contributed by atoms with E-state index >= 15 is 0 Å². The minimum Gasteiger partial charge on any atom is -0.345 e. The van der Waals surface area contributed by atoms with Gasteiger partial charge in [-0.05, 0) is 35.9 Å². The number of rotatable bonds is 4. The van der Waals surface area contributed by atoms with Gasteiger partial charge >= 0.3 is 6.18 Å². The van der Waals surface area contributed by atoms with Gasteiger partial charge in [-0.2, -0.15) is 18.3 Å². The molecule has 0 aliphatic carbocycles. The number of carbonyl (C=O) groups excluding carboxylic acids is 1. The molecule has 0 bridgehead atoms. The second-order valence-electron chi connectivity index (χ2n) is 5.96. The topological polar surface area (TPSA) is 46.9 Å². The van der Waals surface area contributed by atoms with Crippen molar-refractivity contribution in [3.05, 3.63) is 83.7 Å². The number of hydrogen-bond donors (Lipinski definition) is 1. The lowest BCUT2D eigenvalue weighted by molar-refractivity contribution is -0.137. The van der Waals surface area contributed by atoms with Gasteiger partial charge in [0.05, 0.1) is 30.4 Å². The Balaban J connectivity index is 1.52. The molecule has 3 rings (SSSR count). The first-order valence-electron chi connectivity index (χ1n) is 8.43. The van der Waals surface area contributed by atoms with E-state index in [4.69, 9.17) is 0 Å². The number of nitrogens with one attached hydrogen (secondary N) is 1. The van der Waals surface area contributed by atoms with Gasteiger partial charge in [-0.25, -0.2) is 4.68 Å². The normalized spacial score (nSPS) is 10.8. The van der Waals surface area contributed by atoms with Gasteiger partial charge in [-0.1, -0.05) is 36.1 Å². The van der Waals surface area contributed by atoms with E-state index in [2.05, 4.69) is 22.3 Å². The lowest BCUT2D eigenvalue weighted by atomic mass is 10.1. The van der Waals surface area contributed by atoms with Crippen LogP contribution in [0.3, 0.4) is 0 Å². The Bertz CT molecular complexity index is 1010. The Hall–Kier alpha value is -3.53. The van der Waals surface area contributed by atoms with Crippen molar-refractivity contribution in [2.75, 3.05) is 6.54 Å². The zero-order chi connectivity index (χ0) is 20.0. The molecule has 0 saturated carbocycles. The van der Waals surface area contributed by atoms with Crippen LogP contribution < -0.4 is 5.32 Å². The molecule has 0 aliphatic heterocycles. The van der Waals surface area contributed by atoms with E-state index in [1.165, 1.54) is 12.1 Å². The van der Waals surface area contributed by atoms with Crippen LogP contribution in [-0.2, 0) is 17.4 Å². The van der Waals surface area contributed by atoms with Crippen molar-refractivity contribution in [2.45, 2.75) is 12.6 Å². The second-order valence-corrected chi connectivity index (χ2v) is 5.96.